The van der Waals surface area contributed by atoms with E-state index in [1.165, 1.54) is 16.9 Å². The first-order valence-electron chi connectivity index (χ1n) is 11.1. The highest BCUT2D eigenvalue weighted by atomic mass is 32.1. The number of fused-ring (bicyclic) bond motifs is 3. The number of nitrogens with zero attached hydrogens (tertiary/aromatic N) is 5. The summed E-state index contributed by atoms with van der Waals surface area (Å²) < 4.78 is 1.81. The molecule has 164 valence electrons. The molecule has 1 aliphatic carbocycles. The van der Waals surface area contributed by atoms with E-state index in [1.807, 2.05) is 35.8 Å². The zero-order valence-corrected chi connectivity index (χ0v) is 19.0. The molecule has 0 atom stereocenters. The molecule has 0 aliphatic heterocycles. The Morgan fingerprint density at radius 3 is 2.61 bits per heavy atom. The SMILES string of the molecule is Cc1nc2sc3c(c2c(=O)n1Cc1ccc(-c2ccccc2-c2nn[nH]n2)cc1)CCCC3. The third-order valence-corrected chi connectivity index (χ3v) is 7.57. The van der Waals surface area contributed by atoms with Crippen LogP contribution in [0.25, 0.3) is 32.7 Å². The Morgan fingerprint density at radius 1 is 1.03 bits per heavy atom. The second kappa shape index (κ2) is 8.04. The van der Waals surface area contributed by atoms with Crippen LogP contribution in [0.2, 0.25) is 0 Å². The van der Waals surface area contributed by atoms with Crippen molar-refractivity contribution in [1.82, 2.24) is 30.2 Å². The van der Waals surface area contributed by atoms with Crippen molar-refractivity contribution in [3.8, 4) is 22.5 Å². The van der Waals surface area contributed by atoms with Crippen molar-refractivity contribution in [2.75, 3.05) is 0 Å². The molecule has 3 aromatic heterocycles. The van der Waals surface area contributed by atoms with Crippen LogP contribution in [0.4, 0.5) is 0 Å². The van der Waals surface area contributed by atoms with E-state index >= 15 is 0 Å². The van der Waals surface area contributed by atoms with Gasteiger partial charge in [-0.05, 0) is 60.1 Å². The van der Waals surface area contributed by atoms with Crippen LogP contribution in [0.3, 0.4) is 0 Å². The summed E-state index contributed by atoms with van der Waals surface area (Å²) in [6.45, 7) is 2.43. The van der Waals surface area contributed by atoms with Gasteiger partial charge in [-0.25, -0.2) is 4.98 Å². The number of tetrazole rings is 1. The molecule has 5 aromatic rings. The molecule has 8 heteroatoms. The number of aromatic amines is 1. The van der Waals surface area contributed by atoms with Gasteiger partial charge in [-0.3, -0.25) is 9.36 Å². The number of H-pyrrole nitrogens is 1. The van der Waals surface area contributed by atoms with Gasteiger partial charge < -0.3 is 0 Å². The van der Waals surface area contributed by atoms with Crippen LogP contribution in [0.5, 0.6) is 0 Å². The fourth-order valence-corrected chi connectivity index (χ4v) is 6.00. The van der Waals surface area contributed by atoms with Gasteiger partial charge in [0.05, 0.1) is 11.9 Å². The summed E-state index contributed by atoms with van der Waals surface area (Å²) in [6, 6.07) is 16.3. The Bertz CT molecular complexity index is 1520. The van der Waals surface area contributed by atoms with Crippen LogP contribution in [0, 0.1) is 6.92 Å². The lowest BCUT2D eigenvalue weighted by molar-refractivity contribution is 0.693. The van der Waals surface area contributed by atoms with Crippen LogP contribution in [-0.4, -0.2) is 30.2 Å². The molecule has 0 radical (unpaired) electrons. The van der Waals surface area contributed by atoms with Gasteiger partial charge in [0.15, 0.2) is 0 Å². The summed E-state index contributed by atoms with van der Waals surface area (Å²) in [7, 11) is 0. The van der Waals surface area contributed by atoms with Crippen LogP contribution in [-0.2, 0) is 19.4 Å². The lowest BCUT2D eigenvalue weighted by atomic mass is 9.97. The first kappa shape index (κ1) is 20.0. The molecule has 0 saturated carbocycles. The topological polar surface area (TPSA) is 89.4 Å². The second-order valence-electron chi connectivity index (χ2n) is 8.42. The van der Waals surface area contributed by atoms with Crippen molar-refractivity contribution in [3.05, 3.63) is 80.7 Å². The summed E-state index contributed by atoms with van der Waals surface area (Å²) in [6.07, 6.45) is 4.42. The summed E-state index contributed by atoms with van der Waals surface area (Å²) in [5.74, 6) is 1.33. The highest BCUT2D eigenvalue weighted by Crippen LogP contribution is 2.34. The van der Waals surface area contributed by atoms with E-state index in [2.05, 4.69) is 44.9 Å². The fraction of sp³-hybridized carbons (Fsp3) is 0.240. The standard InChI is InChI=1S/C25H22N6OS/c1-15-26-24-22(20-8-4-5-9-21(20)33-24)25(32)31(15)14-16-10-12-17(13-11-16)18-6-2-3-7-19(18)23-27-29-30-28-23/h2-3,6-7,10-13H,4-5,8-9,14H2,1H3,(H,27,28,29,30). The van der Waals surface area contributed by atoms with Gasteiger partial charge >= 0.3 is 0 Å². The molecule has 0 amide bonds. The van der Waals surface area contributed by atoms with Crippen LogP contribution in [0.15, 0.2) is 53.3 Å². The Balaban J connectivity index is 1.35. The molecule has 33 heavy (non-hydrogen) atoms. The van der Waals surface area contributed by atoms with E-state index in [0.717, 1.165) is 57.6 Å². The van der Waals surface area contributed by atoms with Crippen LogP contribution < -0.4 is 5.56 Å². The highest BCUT2D eigenvalue weighted by Gasteiger charge is 2.21. The smallest absolute Gasteiger partial charge is 0.262 e. The molecule has 0 spiro atoms. The number of hydrogen-bond acceptors (Lipinski definition) is 6. The van der Waals surface area contributed by atoms with Crippen molar-refractivity contribution in [3.63, 3.8) is 0 Å². The van der Waals surface area contributed by atoms with Gasteiger partial charge in [-0.1, -0.05) is 48.5 Å². The average Bonchev–Trinajstić information content (AvgIpc) is 3.50. The van der Waals surface area contributed by atoms with Crippen molar-refractivity contribution in [1.29, 1.82) is 0 Å². The van der Waals surface area contributed by atoms with Crippen molar-refractivity contribution in [2.45, 2.75) is 39.2 Å². The van der Waals surface area contributed by atoms with E-state index < -0.39 is 0 Å². The first-order valence-corrected chi connectivity index (χ1v) is 11.9. The van der Waals surface area contributed by atoms with Gasteiger partial charge in [0.25, 0.3) is 5.56 Å². The molecule has 0 bridgehead atoms. The van der Waals surface area contributed by atoms with Gasteiger partial charge in [-0.15, -0.1) is 21.5 Å². The van der Waals surface area contributed by atoms with Gasteiger partial charge in [-0.2, -0.15) is 5.21 Å². The number of nitrogens with one attached hydrogen (secondary N) is 1. The maximum atomic E-state index is 13.5. The number of thiophene rings is 1. The highest BCUT2D eigenvalue weighted by molar-refractivity contribution is 7.18. The minimum absolute atomic E-state index is 0.0865. The maximum Gasteiger partial charge on any atom is 0.262 e. The van der Waals surface area contributed by atoms with Crippen molar-refractivity contribution in [2.24, 2.45) is 0 Å². The average molecular weight is 455 g/mol. The molecule has 7 nitrogen and oxygen atoms in total. The molecule has 0 fully saturated rings. The predicted octanol–water partition coefficient (Wildman–Crippen LogP) is 4.54. The lowest BCUT2D eigenvalue weighted by Crippen LogP contribution is -2.24. The van der Waals surface area contributed by atoms with E-state index in [4.69, 9.17) is 4.98 Å². The van der Waals surface area contributed by atoms with E-state index in [9.17, 15) is 4.79 Å². The summed E-state index contributed by atoms with van der Waals surface area (Å²) in [4.78, 5) is 20.5. The predicted molar refractivity (Wildman–Crippen MR) is 129 cm³/mol. The molecule has 3 heterocycles. The summed E-state index contributed by atoms with van der Waals surface area (Å²) >= 11 is 1.70. The Kier molecular flexibility index (Phi) is 4.87. The van der Waals surface area contributed by atoms with Crippen molar-refractivity contribution < 1.29 is 0 Å². The quantitative estimate of drug-likeness (QED) is 0.431. The van der Waals surface area contributed by atoms with Gasteiger partial charge in [0.2, 0.25) is 5.82 Å². The number of hydrogen-bond donors (Lipinski definition) is 1. The Morgan fingerprint density at radius 2 is 1.82 bits per heavy atom. The molecule has 2 aromatic carbocycles. The second-order valence-corrected chi connectivity index (χ2v) is 9.50. The lowest BCUT2D eigenvalue weighted by Gasteiger charge is -2.13. The van der Waals surface area contributed by atoms with E-state index in [1.54, 1.807) is 11.3 Å². The van der Waals surface area contributed by atoms with E-state index in [-0.39, 0.29) is 5.56 Å². The largest absolute Gasteiger partial charge is 0.292 e. The molecule has 1 N–H and O–H groups in total. The van der Waals surface area contributed by atoms with Crippen LogP contribution in [0.1, 0.15) is 34.7 Å². The summed E-state index contributed by atoms with van der Waals surface area (Å²) in [5, 5.41) is 15.3. The maximum absolute atomic E-state index is 13.5. The molecule has 1 aliphatic rings. The molecular weight excluding hydrogens is 432 g/mol. The minimum Gasteiger partial charge on any atom is -0.292 e. The summed E-state index contributed by atoms with van der Waals surface area (Å²) in [5.41, 5.74) is 5.40. The number of rotatable bonds is 4. The fourth-order valence-electron chi connectivity index (χ4n) is 4.70. The Hall–Kier alpha value is -3.65. The minimum atomic E-state index is 0.0865. The zero-order valence-electron chi connectivity index (χ0n) is 18.2. The number of benzene rings is 2. The molecule has 0 saturated heterocycles. The molecule has 0 unspecified atom stereocenters. The third-order valence-electron chi connectivity index (χ3n) is 6.38. The normalized spacial score (nSPS) is 13.4. The van der Waals surface area contributed by atoms with Crippen LogP contribution >= 0.6 is 11.3 Å². The first-order chi connectivity index (χ1) is 16.2. The van der Waals surface area contributed by atoms with Gasteiger partial charge in [0.1, 0.15) is 10.7 Å². The van der Waals surface area contributed by atoms with Gasteiger partial charge in [0, 0.05) is 10.4 Å². The van der Waals surface area contributed by atoms with Crippen molar-refractivity contribution >= 4 is 21.6 Å². The third kappa shape index (κ3) is 3.47. The monoisotopic (exact) mass is 454 g/mol. The van der Waals surface area contributed by atoms with E-state index in [0.29, 0.717) is 12.4 Å². The Labute approximate surface area is 194 Å². The molecular formula is C25H22N6OS. The zero-order chi connectivity index (χ0) is 22.4. The number of aromatic nitrogens is 6. The number of aryl methyl sites for hydroxylation is 3. The molecule has 6 rings (SSSR count).